The fourth-order valence-electron chi connectivity index (χ4n) is 3.19. The zero-order chi connectivity index (χ0) is 20.6. The maximum atomic E-state index is 11.6. The van der Waals surface area contributed by atoms with E-state index in [9.17, 15) is 18.0 Å². The first-order valence-corrected chi connectivity index (χ1v) is 12.8. The standard InChI is InChI=1S/C14H22N4O.C4H9F3Si/c1-10(19)12-4-11(5-12)6-18-7-13-14(17(3)9-18)15-8-16(13)2;1-8(2,3)4(5,6)7/h7,11-12H,4-6,8-9H2,1-3H3;1-3H3. The normalized spacial score (nSPS) is 25.1. The lowest BCUT2D eigenvalue weighted by atomic mass is 9.73. The molecule has 2 heterocycles. The monoisotopic (exact) mass is 404 g/mol. The number of ketones is 1. The summed E-state index contributed by atoms with van der Waals surface area (Å²) in [5.41, 5.74) is 1.22. The Morgan fingerprint density at radius 3 is 2.26 bits per heavy atom. The van der Waals surface area contributed by atoms with Crippen LogP contribution in [0.1, 0.15) is 19.8 Å². The zero-order valence-corrected chi connectivity index (χ0v) is 18.1. The molecule has 0 aromatic rings. The molecule has 0 bridgehead atoms. The molecule has 1 saturated carbocycles. The molecule has 1 aliphatic carbocycles. The van der Waals surface area contributed by atoms with E-state index < -0.39 is 13.9 Å². The Labute approximate surface area is 160 Å². The topological polar surface area (TPSA) is 39.2 Å². The van der Waals surface area contributed by atoms with Crippen molar-refractivity contribution in [3.8, 4) is 0 Å². The van der Waals surface area contributed by atoms with Gasteiger partial charge in [0.25, 0.3) is 0 Å². The summed E-state index contributed by atoms with van der Waals surface area (Å²) < 4.78 is 34.9. The molecule has 3 aliphatic rings. The average Bonchev–Trinajstić information content (AvgIpc) is 2.83. The molecule has 2 aliphatic heterocycles. The van der Waals surface area contributed by atoms with Gasteiger partial charge in [-0.15, -0.1) is 0 Å². The van der Waals surface area contributed by atoms with Crippen LogP contribution in [0.25, 0.3) is 0 Å². The largest absolute Gasteiger partial charge is 0.360 e. The van der Waals surface area contributed by atoms with E-state index in [1.54, 1.807) is 6.92 Å². The van der Waals surface area contributed by atoms with Gasteiger partial charge in [0.1, 0.15) is 12.5 Å². The van der Waals surface area contributed by atoms with Crippen molar-refractivity contribution in [3.05, 3.63) is 11.9 Å². The number of likely N-dealkylation sites (N-methyl/N-ethyl adjacent to an activating group) is 2. The van der Waals surface area contributed by atoms with Crippen molar-refractivity contribution in [2.75, 3.05) is 34.0 Å². The molecular formula is C18H31F3N4OSi. The Balaban J connectivity index is 0.000000279. The molecule has 0 N–H and O–H groups in total. The summed E-state index contributed by atoms with van der Waals surface area (Å²) in [5.74, 6) is -1.47. The second-order valence-electron chi connectivity index (χ2n) is 8.84. The molecule has 1 fully saturated rings. The lowest BCUT2D eigenvalue weighted by Crippen LogP contribution is -2.46. The second kappa shape index (κ2) is 7.85. The van der Waals surface area contributed by atoms with Gasteiger partial charge in [-0.25, -0.2) is 4.99 Å². The maximum Gasteiger partial charge on any atom is 0.360 e. The molecule has 27 heavy (non-hydrogen) atoms. The lowest BCUT2D eigenvalue weighted by molar-refractivity contribution is -0.124. The SMILES string of the molecule is CC(=O)C1CC(CN2C=C3C(=NCN3C)N(C)C2)C1.C[Si](C)(C)C(F)(F)F. The first-order valence-electron chi connectivity index (χ1n) is 9.29. The molecule has 0 atom stereocenters. The highest BCUT2D eigenvalue weighted by molar-refractivity contribution is 6.77. The minimum Gasteiger partial charge on any atom is -0.358 e. The Hall–Kier alpha value is -1.51. The fourth-order valence-corrected chi connectivity index (χ4v) is 3.19. The van der Waals surface area contributed by atoms with Gasteiger partial charge in [0, 0.05) is 32.8 Å². The number of carbonyl (C=O) groups excluding carboxylic acids is 1. The minimum atomic E-state index is -3.92. The molecule has 3 rings (SSSR count). The third kappa shape index (κ3) is 5.27. The smallest absolute Gasteiger partial charge is 0.358 e. The fraction of sp³-hybridized carbons (Fsp3) is 0.778. The van der Waals surface area contributed by atoms with Gasteiger partial charge in [0.05, 0.1) is 12.4 Å². The van der Waals surface area contributed by atoms with Crippen molar-refractivity contribution in [3.63, 3.8) is 0 Å². The van der Waals surface area contributed by atoms with E-state index in [0.29, 0.717) is 17.6 Å². The van der Waals surface area contributed by atoms with Crippen molar-refractivity contribution in [2.24, 2.45) is 16.8 Å². The lowest BCUT2D eigenvalue weighted by Gasteiger charge is -2.41. The number of hydrogen-bond acceptors (Lipinski definition) is 5. The number of nitrogens with zero attached hydrogens (tertiary/aromatic N) is 4. The Morgan fingerprint density at radius 1 is 1.22 bits per heavy atom. The summed E-state index contributed by atoms with van der Waals surface area (Å²) in [6.07, 6.45) is 4.36. The predicted molar refractivity (Wildman–Crippen MR) is 104 cm³/mol. The molecule has 0 radical (unpaired) electrons. The first kappa shape index (κ1) is 21.8. The highest BCUT2D eigenvalue weighted by atomic mass is 28.3. The molecule has 9 heteroatoms. The van der Waals surface area contributed by atoms with E-state index in [1.807, 2.05) is 0 Å². The molecule has 0 aromatic carbocycles. The molecule has 154 valence electrons. The van der Waals surface area contributed by atoms with Crippen molar-refractivity contribution in [2.45, 2.75) is 45.2 Å². The van der Waals surface area contributed by atoms with Crippen molar-refractivity contribution in [1.29, 1.82) is 0 Å². The highest BCUT2D eigenvalue weighted by Gasteiger charge is 2.45. The average molecular weight is 405 g/mol. The van der Waals surface area contributed by atoms with Crippen molar-refractivity contribution < 1.29 is 18.0 Å². The molecule has 0 aromatic heterocycles. The number of rotatable bonds is 3. The van der Waals surface area contributed by atoms with E-state index in [1.165, 1.54) is 25.3 Å². The zero-order valence-electron chi connectivity index (χ0n) is 17.1. The molecule has 0 amide bonds. The van der Waals surface area contributed by atoms with E-state index in [-0.39, 0.29) is 0 Å². The van der Waals surface area contributed by atoms with Crippen LogP contribution in [-0.4, -0.2) is 74.2 Å². The van der Waals surface area contributed by atoms with Gasteiger partial charge < -0.3 is 14.7 Å². The van der Waals surface area contributed by atoms with Gasteiger partial charge in [-0.1, -0.05) is 19.6 Å². The summed E-state index contributed by atoms with van der Waals surface area (Å²) in [6, 6.07) is 0. The predicted octanol–water partition coefficient (Wildman–Crippen LogP) is 3.38. The molecule has 0 unspecified atom stereocenters. The van der Waals surface area contributed by atoms with E-state index >= 15 is 0 Å². The van der Waals surface area contributed by atoms with Crippen molar-refractivity contribution in [1.82, 2.24) is 14.7 Å². The van der Waals surface area contributed by atoms with Gasteiger partial charge >= 0.3 is 5.80 Å². The van der Waals surface area contributed by atoms with Gasteiger partial charge in [0.15, 0.2) is 13.9 Å². The third-order valence-electron chi connectivity index (χ3n) is 5.29. The van der Waals surface area contributed by atoms with Crippen LogP contribution < -0.4 is 0 Å². The summed E-state index contributed by atoms with van der Waals surface area (Å²) in [6.45, 7) is 8.28. The molecular weight excluding hydrogens is 373 g/mol. The third-order valence-corrected chi connectivity index (χ3v) is 6.99. The number of hydrogen-bond donors (Lipinski definition) is 0. The summed E-state index contributed by atoms with van der Waals surface area (Å²) in [7, 11) is 1.31. The van der Waals surface area contributed by atoms with E-state index in [2.05, 4.69) is 40.0 Å². The van der Waals surface area contributed by atoms with E-state index in [0.717, 1.165) is 38.6 Å². The number of halogens is 3. The minimum absolute atomic E-state index is 0.325. The Bertz CT molecular complexity index is 609. The van der Waals surface area contributed by atoms with Crippen LogP contribution in [0.4, 0.5) is 13.2 Å². The summed E-state index contributed by atoms with van der Waals surface area (Å²) in [4.78, 5) is 22.5. The maximum absolute atomic E-state index is 11.6. The van der Waals surface area contributed by atoms with Gasteiger partial charge in [0.2, 0.25) is 0 Å². The second-order valence-corrected chi connectivity index (χ2v) is 13.9. The van der Waals surface area contributed by atoms with Crippen LogP contribution in [0.2, 0.25) is 19.6 Å². The number of carbonyl (C=O) groups is 1. The van der Waals surface area contributed by atoms with Gasteiger partial charge in [-0.3, -0.25) is 4.79 Å². The summed E-state index contributed by atoms with van der Waals surface area (Å²) in [5, 5.41) is 0. The number of fused-ring (bicyclic) bond motifs is 1. The van der Waals surface area contributed by atoms with Crippen molar-refractivity contribution >= 4 is 19.7 Å². The number of alkyl halides is 3. The molecule has 0 saturated heterocycles. The van der Waals surface area contributed by atoms with Crippen LogP contribution >= 0.6 is 0 Å². The van der Waals surface area contributed by atoms with Gasteiger partial charge in [-0.2, -0.15) is 13.2 Å². The highest BCUT2D eigenvalue weighted by Crippen LogP contribution is 2.35. The Morgan fingerprint density at radius 2 is 1.78 bits per heavy atom. The van der Waals surface area contributed by atoms with Crippen LogP contribution in [-0.2, 0) is 4.79 Å². The first-order chi connectivity index (χ1) is 12.3. The van der Waals surface area contributed by atoms with Gasteiger partial charge in [-0.05, 0) is 25.7 Å². The van der Waals surface area contributed by atoms with Crippen LogP contribution in [0.3, 0.4) is 0 Å². The molecule has 5 nitrogen and oxygen atoms in total. The van der Waals surface area contributed by atoms with Crippen LogP contribution in [0.5, 0.6) is 0 Å². The number of amidine groups is 1. The molecule has 0 spiro atoms. The quantitative estimate of drug-likeness (QED) is 0.676. The number of Topliss-reactive ketones (excluding diaryl/α,β-unsaturated/α-hetero) is 1. The Kier molecular flexibility index (Phi) is 6.33. The van der Waals surface area contributed by atoms with E-state index in [4.69, 9.17) is 0 Å². The van der Waals surface area contributed by atoms with Crippen LogP contribution in [0, 0.1) is 11.8 Å². The van der Waals surface area contributed by atoms with Crippen LogP contribution in [0.15, 0.2) is 16.9 Å². The summed E-state index contributed by atoms with van der Waals surface area (Å²) >= 11 is 0. The number of aliphatic imine (C=N–C) groups is 1.